The van der Waals surface area contributed by atoms with E-state index in [4.69, 9.17) is 18.0 Å². The Morgan fingerprint density at radius 3 is 2.84 bits per heavy atom. The van der Waals surface area contributed by atoms with Gasteiger partial charge in [0.1, 0.15) is 4.99 Å². The van der Waals surface area contributed by atoms with Crippen molar-refractivity contribution in [2.45, 2.75) is 6.92 Å². The van der Waals surface area contributed by atoms with Crippen molar-refractivity contribution in [3.63, 3.8) is 0 Å². The van der Waals surface area contributed by atoms with E-state index in [-0.39, 0.29) is 10.9 Å². The lowest BCUT2D eigenvalue weighted by atomic mass is 10.1. The number of aryl methyl sites for hydroxylation is 1. The van der Waals surface area contributed by atoms with Crippen molar-refractivity contribution in [1.82, 2.24) is 20.1 Å². The lowest BCUT2D eigenvalue weighted by molar-refractivity contribution is 0.0957. The summed E-state index contributed by atoms with van der Waals surface area (Å²) >= 11 is 5.04. The van der Waals surface area contributed by atoms with Crippen LogP contribution in [0.5, 0.6) is 0 Å². The molecule has 3 N–H and O–H groups in total. The molecule has 0 aliphatic rings. The molecule has 0 aliphatic carbocycles. The van der Waals surface area contributed by atoms with Crippen LogP contribution in [0.25, 0.3) is 5.82 Å². The van der Waals surface area contributed by atoms with Crippen LogP contribution >= 0.6 is 12.2 Å². The van der Waals surface area contributed by atoms with Gasteiger partial charge < -0.3 is 11.1 Å². The highest BCUT2D eigenvalue weighted by Crippen LogP contribution is 2.15. The minimum absolute atomic E-state index is 0.248. The van der Waals surface area contributed by atoms with E-state index >= 15 is 0 Å². The molecule has 98 valence electrons. The van der Waals surface area contributed by atoms with Gasteiger partial charge in [-0.25, -0.2) is 9.67 Å². The molecule has 7 heteroatoms. The molecule has 2 heterocycles. The van der Waals surface area contributed by atoms with E-state index in [1.54, 1.807) is 25.5 Å². The fraction of sp³-hybridized carbons (Fsp3) is 0.167. The van der Waals surface area contributed by atoms with Gasteiger partial charge in [-0.15, -0.1) is 0 Å². The standard InChI is InChI=1S/C12H13N5OS/c1-7-3-5-15-11(9(7)10(13)19)17-6-4-8(16-17)12(18)14-2/h3-6H,1-2H3,(H2,13,19)(H,14,18). The lowest BCUT2D eigenvalue weighted by Crippen LogP contribution is -2.20. The first-order valence-corrected chi connectivity index (χ1v) is 5.99. The Balaban J connectivity index is 2.53. The zero-order chi connectivity index (χ0) is 14.0. The quantitative estimate of drug-likeness (QED) is 0.800. The number of nitrogens with one attached hydrogen (secondary N) is 1. The molecule has 2 aromatic heterocycles. The number of rotatable bonds is 3. The molecule has 0 atom stereocenters. The number of nitrogens with zero attached hydrogens (tertiary/aromatic N) is 3. The molecule has 0 radical (unpaired) electrons. The molecule has 0 saturated carbocycles. The van der Waals surface area contributed by atoms with Crippen molar-refractivity contribution in [2.75, 3.05) is 7.05 Å². The van der Waals surface area contributed by atoms with Gasteiger partial charge in [-0.2, -0.15) is 5.10 Å². The average molecular weight is 275 g/mol. The number of hydrogen-bond donors (Lipinski definition) is 2. The number of carbonyl (C=O) groups excluding carboxylic acids is 1. The van der Waals surface area contributed by atoms with Crippen molar-refractivity contribution in [1.29, 1.82) is 0 Å². The molecule has 0 fully saturated rings. The first-order valence-electron chi connectivity index (χ1n) is 5.58. The summed E-state index contributed by atoms with van der Waals surface area (Å²) in [5, 5.41) is 6.67. The highest BCUT2D eigenvalue weighted by molar-refractivity contribution is 7.80. The SMILES string of the molecule is CNC(=O)c1ccn(-c2nccc(C)c2C(N)=S)n1. The smallest absolute Gasteiger partial charge is 0.271 e. The van der Waals surface area contributed by atoms with Crippen LogP contribution in [0.3, 0.4) is 0 Å². The average Bonchev–Trinajstić information content (AvgIpc) is 2.86. The summed E-state index contributed by atoms with van der Waals surface area (Å²) in [7, 11) is 1.55. The second kappa shape index (κ2) is 5.15. The summed E-state index contributed by atoms with van der Waals surface area (Å²) in [5.41, 5.74) is 7.59. The van der Waals surface area contributed by atoms with Crippen LogP contribution < -0.4 is 11.1 Å². The largest absolute Gasteiger partial charge is 0.389 e. The van der Waals surface area contributed by atoms with E-state index in [0.717, 1.165) is 5.56 Å². The molecule has 0 bridgehead atoms. The minimum Gasteiger partial charge on any atom is -0.389 e. The number of aromatic nitrogens is 3. The maximum atomic E-state index is 11.5. The summed E-state index contributed by atoms with van der Waals surface area (Å²) in [6, 6.07) is 3.42. The third-order valence-corrected chi connectivity index (χ3v) is 2.86. The van der Waals surface area contributed by atoms with Gasteiger partial charge in [0.25, 0.3) is 5.91 Å². The van der Waals surface area contributed by atoms with Gasteiger partial charge in [0.05, 0.1) is 5.56 Å². The molecule has 2 rings (SSSR count). The molecule has 6 nitrogen and oxygen atoms in total. The number of amides is 1. The van der Waals surface area contributed by atoms with Crippen molar-refractivity contribution in [2.24, 2.45) is 5.73 Å². The van der Waals surface area contributed by atoms with Gasteiger partial charge in [0.15, 0.2) is 11.5 Å². The normalized spacial score (nSPS) is 10.2. The summed E-state index contributed by atoms with van der Waals surface area (Å²) in [6.07, 6.45) is 3.29. The Labute approximate surface area is 115 Å². The van der Waals surface area contributed by atoms with Gasteiger partial charge in [0, 0.05) is 19.4 Å². The molecule has 2 aromatic rings. The molecule has 0 aliphatic heterocycles. The van der Waals surface area contributed by atoms with E-state index in [1.165, 1.54) is 4.68 Å². The Bertz CT molecular complexity index is 649. The monoisotopic (exact) mass is 275 g/mol. The van der Waals surface area contributed by atoms with Crippen molar-refractivity contribution >= 4 is 23.1 Å². The Morgan fingerprint density at radius 2 is 2.21 bits per heavy atom. The van der Waals surface area contributed by atoms with Crippen LogP contribution in [0.15, 0.2) is 24.5 Å². The van der Waals surface area contributed by atoms with Crippen LogP contribution in [-0.2, 0) is 0 Å². The summed E-state index contributed by atoms with van der Waals surface area (Å²) in [4.78, 5) is 16.0. The predicted molar refractivity (Wildman–Crippen MR) is 75.4 cm³/mol. The minimum atomic E-state index is -0.261. The molecule has 19 heavy (non-hydrogen) atoms. The van der Waals surface area contributed by atoms with E-state index in [1.807, 2.05) is 13.0 Å². The zero-order valence-corrected chi connectivity index (χ0v) is 11.4. The third-order valence-electron chi connectivity index (χ3n) is 2.65. The summed E-state index contributed by atoms with van der Waals surface area (Å²) in [5.74, 6) is 0.255. The van der Waals surface area contributed by atoms with E-state index < -0.39 is 0 Å². The topological polar surface area (TPSA) is 85.8 Å². The maximum Gasteiger partial charge on any atom is 0.271 e. The Morgan fingerprint density at radius 1 is 1.47 bits per heavy atom. The molecule has 1 amide bonds. The predicted octanol–water partition coefficient (Wildman–Crippen LogP) is 0.570. The second-order valence-corrected chi connectivity index (χ2v) is 4.36. The second-order valence-electron chi connectivity index (χ2n) is 3.92. The third kappa shape index (κ3) is 2.45. The number of hydrogen-bond acceptors (Lipinski definition) is 4. The van der Waals surface area contributed by atoms with Gasteiger partial charge in [0.2, 0.25) is 0 Å². The van der Waals surface area contributed by atoms with E-state index in [2.05, 4.69) is 15.4 Å². The summed E-state index contributed by atoms with van der Waals surface area (Å²) in [6.45, 7) is 1.89. The number of nitrogens with two attached hydrogens (primary N) is 1. The molecule has 0 aromatic carbocycles. The Hall–Kier alpha value is -2.28. The number of pyridine rings is 1. The van der Waals surface area contributed by atoms with Crippen molar-refractivity contribution < 1.29 is 4.79 Å². The van der Waals surface area contributed by atoms with Gasteiger partial charge >= 0.3 is 0 Å². The highest BCUT2D eigenvalue weighted by Gasteiger charge is 2.14. The van der Waals surface area contributed by atoms with Crippen LogP contribution in [0.2, 0.25) is 0 Å². The number of thiocarbonyl (C=S) groups is 1. The highest BCUT2D eigenvalue weighted by atomic mass is 32.1. The first-order chi connectivity index (χ1) is 9.04. The lowest BCUT2D eigenvalue weighted by Gasteiger charge is -2.09. The van der Waals surface area contributed by atoms with Gasteiger partial charge in [-0.3, -0.25) is 4.79 Å². The fourth-order valence-electron chi connectivity index (χ4n) is 1.71. The van der Waals surface area contributed by atoms with Crippen LogP contribution in [-0.4, -0.2) is 32.7 Å². The summed E-state index contributed by atoms with van der Waals surface area (Å²) < 4.78 is 1.49. The van der Waals surface area contributed by atoms with E-state index in [0.29, 0.717) is 17.1 Å². The fourth-order valence-corrected chi connectivity index (χ4v) is 1.97. The molecular weight excluding hydrogens is 262 g/mol. The first kappa shape index (κ1) is 13.2. The van der Waals surface area contributed by atoms with Crippen LogP contribution in [0.1, 0.15) is 21.6 Å². The molecular formula is C12H13N5OS. The van der Waals surface area contributed by atoms with Gasteiger partial charge in [-0.05, 0) is 24.6 Å². The van der Waals surface area contributed by atoms with Crippen LogP contribution in [0, 0.1) is 6.92 Å². The van der Waals surface area contributed by atoms with Gasteiger partial charge in [-0.1, -0.05) is 12.2 Å². The molecule has 0 unspecified atom stereocenters. The van der Waals surface area contributed by atoms with Crippen molar-refractivity contribution in [3.8, 4) is 5.82 Å². The number of carbonyl (C=O) groups is 1. The molecule has 0 spiro atoms. The Kier molecular flexibility index (Phi) is 3.57. The van der Waals surface area contributed by atoms with Crippen LogP contribution in [0.4, 0.5) is 0 Å². The van der Waals surface area contributed by atoms with E-state index in [9.17, 15) is 4.79 Å². The zero-order valence-electron chi connectivity index (χ0n) is 10.5. The van der Waals surface area contributed by atoms with Crippen molar-refractivity contribution in [3.05, 3.63) is 41.3 Å². The maximum absolute atomic E-state index is 11.5. The molecule has 0 saturated heterocycles.